The van der Waals surface area contributed by atoms with Crippen molar-refractivity contribution in [3.8, 4) is 0 Å². The minimum atomic E-state index is 0.292. The van der Waals surface area contributed by atoms with Crippen LogP contribution >= 0.6 is 11.6 Å². The summed E-state index contributed by atoms with van der Waals surface area (Å²) in [5.41, 5.74) is 4.81. The fraction of sp³-hybridized carbons (Fsp3) is 0.375. The van der Waals surface area contributed by atoms with Crippen LogP contribution in [-0.4, -0.2) is 28.9 Å². The lowest BCUT2D eigenvalue weighted by atomic mass is 9.89. The number of hydrogen-bond acceptors (Lipinski definition) is 1. The average Bonchev–Trinajstić information content (AvgIpc) is 3.12. The number of carbonyl (C=O) groups excluding carboxylic acids is 1. The monoisotopic (exact) mass is 394 g/mol. The number of fused-ring (bicyclic) bond motifs is 1. The first-order chi connectivity index (χ1) is 13.6. The molecule has 2 heterocycles. The van der Waals surface area contributed by atoms with Crippen molar-refractivity contribution >= 4 is 28.4 Å². The Bertz CT molecular complexity index is 955. The van der Waals surface area contributed by atoms with Crippen LogP contribution in [0.25, 0.3) is 10.9 Å². The van der Waals surface area contributed by atoms with Crippen molar-refractivity contribution in [1.29, 1.82) is 0 Å². The lowest BCUT2D eigenvalue weighted by molar-refractivity contribution is -0.132. The predicted molar refractivity (Wildman–Crippen MR) is 116 cm³/mol. The van der Waals surface area contributed by atoms with Crippen LogP contribution < -0.4 is 0 Å². The minimum Gasteiger partial charge on any atom is -0.360 e. The summed E-state index contributed by atoms with van der Waals surface area (Å²) < 4.78 is 0. The SMILES string of the molecule is Cc1cc(Cl)c2[nH]cc(CCCC(=O)N3CCC(c4ccccc4)CC3)c2c1. The maximum atomic E-state index is 12.6. The van der Waals surface area contributed by atoms with Crippen molar-refractivity contribution < 1.29 is 4.79 Å². The van der Waals surface area contributed by atoms with E-state index in [9.17, 15) is 4.79 Å². The van der Waals surface area contributed by atoms with Crippen molar-refractivity contribution in [2.45, 2.75) is 44.9 Å². The molecule has 4 heteroatoms. The van der Waals surface area contributed by atoms with Crippen LogP contribution in [0.5, 0.6) is 0 Å². The molecular formula is C24H27ClN2O. The maximum absolute atomic E-state index is 12.6. The first-order valence-electron chi connectivity index (χ1n) is 10.2. The second kappa shape index (κ2) is 8.40. The van der Waals surface area contributed by atoms with Gasteiger partial charge in [-0.2, -0.15) is 0 Å². The van der Waals surface area contributed by atoms with E-state index in [1.165, 1.54) is 16.5 Å². The zero-order valence-corrected chi connectivity index (χ0v) is 17.1. The van der Waals surface area contributed by atoms with Crippen molar-refractivity contribution in [3.05, 3.63) is 70.4 Å². The van der Waals surface area contributed by atoms with Crippen molar-refractivity contribution in [3.63, 3.8) is 0 Å². The smallest absolute Gasteiger partial charge is 0.222 e. The van der Waals surface area contributed by atoms with Gasteiger partial charge < -0.3 is 9.88 Å². The minimum absolute atomic E-state index is 0.292. The third-order valence-corrected chi connectivity index (χ3v) is 6.22. The number of piperidine rings is 1. The number of rotatable bonds is 5. The summed E-state index contributed by atoms with van der Waals surface area (Å²) in [5, 5.41) is 1.94. The third kappa shape index (κ3) is 4.10. The second-order valence-corrected chi connectivity index (χ2v) is 8.31. The predicted octanol–water partition coefficient (Wildman–Crippen LogP) is 5.86. The van der Waals surface area contributed by atoms with Gasteiger partial charge in [0, 0.05) is 31.1 Å². The van der Waals surface area contributed by atoms with Crippen LogP contribution in [0.2, 0.25) is 5.02 Å². The summed E-state index contributed by atoms with van der Waals surface area (Å²) >= 11 is 6.33. The van der Waals surface area contributed by atoms with E-state index in [4.69, 9.17) is 11.6 Å². The van der Waals surface area contributed by atoms with Crippen LogP contribution in [0.3, 0.4) is 0 Å². The summed E-state index contributed by atoms with van der Waals surface area (Å²) in [7, 11) is 0. The molecule has 3 aromatic rings. The van der Waals surface area contributed by atoms with Gasteiger partial charge in [-0.3, -0.25) is 4.79 Å². The molecule has 4 rings (SSSR count). The number of aromatic nitrogens is 1. The van der Waals surface area contributed by atoms with Crippen LogP contribution in [0.4, 0.5) is 0 Å². The van der Waals surface area contributed by atoms with Crippen molar-refractivity contribution in [1.82, 2.24) is 9.88 Å². The molecule has 1 saturated heterocycles. The van der Waals surface area contributed by atoms with Gasteiger partial charge >= 0.3 is 0 Å². The number of hydrogen-bond donors (Lipinski definition) is 1. The van der Waals surface area contributed by atoms with Crippen LogP contribution in [0.1, 0.15) is 48.3 Å². The molecule has 0 atom stereocenters. The van der Waals surface area contributed by atoms with E-state index in [2.05, 4.69) is 53.2 Å². The molecular weight excluding hydrogens is 368 g/mol. The zero-order valence-electron chi connectivity index (χ0n) is 16.4. The van der Waals surface area contributed by atoms with E-state index in [-0.39, 0.29) is 0 Å². The number of aromatic amines is 1. The highest BCUT2D eigenvalue weighted by atomic mass is 35.5. The van der Waals surface area contributed by atoms with Crippen LogP contribution in [-0.2, 0) is 11.2 Å². The van der Waals surface area contributed by atoms with Gasteiger partial charge in [0.15, 0.2) is 0 Å². The third-order valence-electron chi connectivity index (χ3n) is 5.93. The Morgan fingerprint density at radius 1 is 1.18 bits per heavy atom. The van der Waals surface area contributed by atoms with Gasteiger partial charge in [0.1, 0.15) is 0 Å². The highest BCUT2D eigenvalue weighted by Gasteiger charge is 2.23. The molecule has 0 saturated carbocycles. The van der Waals surface area contributed by atoms with Crippen LogP contribution in [0.15, 0.2) is 48.7 Å². The molecule has 146 valence electrons. The summed E-state index contributed by atoms with van der Waals surface area (Å²) in [4.78, 5) is 18.0. The number of carbonyl (C=O) groups is 1. The lowest BCUT2D eigenvalue weighted by Gasteiger charge is -2.32. The van der Waals surface area contributed by atoms with E-state index in [0.717, 1.165) is 54.9 Å². The molecule has 0 radical (unpaired) electrons. The first-order valence-corrected chi connectivity index (χ1v) is 10.6. The lowest BCUT2D eigenvalue weighted by Crippen LogP contribution is -2.37. The Balaban J connectivity index is 1.29. The Labute approximate surface area is 171 Å². The number of likely N-dealkylation sites (tertiary alicyclic amines) is 1. The van der Waals surface area contributed by atoms with E-state index < -0.39 is 0 Å². The molecule has 0 spiro atoms. The number of aryl methyl sites for hydroxylation is 2. The van der Waals surface area contributed by atoms with Gasteiger partial charge in [-0.15, -0.1) is 0 Å². The topological polar surface area (TPSA) is 36.1 Å². The summed E-state index contributed by atoms with van der Waals surface area (Å²) in [6.07, 6.45) is 6.54. The fourth-order valence-corrected chi connectivity index (χ4v) is 4.69. The molecule has 1 fully saturated rings. The molecule has 2 aromatic carbocycles. The van der Waals surface area contributed by atoms with Gasteiger partial charge in [-0.25, -0.2) is 0 Å². The van der Waals surface area contributed by atoms with E-state index in [1.54, 1.807) is 0 Å². The summed E-state index contributed by atoms with van der Waals surface area (Å²) in [6.45, 7) is 3.81. The number of H-pyrrole nitrogens is 1. The Hall–Kier alpha value is -2.26. The van der Waals surface area contributed by atoms with Gasteiger partial charge in [0.05, 0.1) is 10.5 Å². The second-order valence-electron chi connectivity index (χ2n) is 7.90. The molecule has 28 heavy (non-hydrogen) atoms. The number of halogens is 1. The number of nitrogens with zero attached hydrogens (tertiary/aromatic N) is 1. The number of benzene rings is 2. The van der Waals surface area contributed by atoms with Gasteiger partial charge in [-0.05, 0) is 67.3 Å². The molecule has 0 bridgehead atoms. The summed E-state index contributed by atoms with van der Waals surface area (Å²) in [5.74, 6) is 0.880. The Kier molecular flexibility index (Phi) is 5.72. The van der Waals surface area contributed by atoms with Gasteiger partial charge in [0.2, 0.25) is 5.91 Å². The zero-order chi connectivity index (χ0) is 19.5. The number of nitrogens with one attached hydrogen (secondary N) is 1. The van der Waals surface area contributed by atoms with Crippen molar-refractivity contribution in [2.75, 3.05) is 13.1 Å². The van der Waals surface area contributed by atoms with Gasteiger partial charge in [0.25, 0.3) is 0 Å². The molecule has 1 aliphatic rings. The number of amides is 1. The highest BCUT2D eigenvalue weighted by molar-refractivity contribution is 6.35. The maximum Gasteiger partial charge on any atom is 0.222 e. The standard InChI is InChI=1S/C24H27ClN2O/c1-17-14-21-20(16-26-24(21)22(25)15-17)8-5-9-23(28)27-12-10-19(11-13-27)18-6-3-2-4-7-18/h2-4,6-7,14-16,19,26H,5,8-13H2,1H3. The molecule has 0 unspecified atom stereocenters. The first kappa shape index (κ1) is 19.1. The normalized spacial score (nSPS) is 15.3. The molecule has 1 N–H and O–H groups in total. The Morgan fingerprint density at radius 3 is 2.68 bits per heavy atom. The quantitative estimate of drug-likeness (QED) is 0.578. The molecule has 3 nitrogen and oxygen atoms in total. The average molecular weight is 395 g/mol. The molecule has 1 aliphatic heterocycles. The molecule has 0 aliphatic carbocycles. The largest absolute Gasteiger partial charge is 0.360 e. The fourth-order valence-electron chi connectivity index (χ4n) is 4.36. The Morgan fingerprint density at radius 2 is 1.93 bits per heavy atom. The van der Waals surface area contributed by atoms with E-state index in [0.29, 0.717) is 18.2 Å². The molecule has 1 amide bonds. The van der Waals surface area contributed by atoms with E-state index in [1.807, 2.05) is 12.3 Å². The highest BCUT2D eigenvalue weighted by Crippen LogP contribution is 2.29. The van der Waals surface area contributed by atoms with Gasteiger partial charge in [-0.1, -0.05) is 41.9 Å². The van der Waals surface area contributed by atoms with E-state index >= 15 is 0 Å². The van der Waals surface area contributed by atoms with Crippen LogP contribution in [0, 0.1) is 6.92 Å². The summed E-state index contributed by atoms with van der Waals surface area (Å²) in [6, 6.07) is 14.8. The molecule has 1 aromatic heterocycles. The van der Waals surface area contributed by atoms with Crippen molar-refractivity contribution in [2.24, 2.45) is 0 Å².